The fourth-order valence-electron chi connectivity index (χ4n) is 3.52. The number of rotatable bonds is 6. The first kappa shape index (κ1) is 20.5. The number of carbonyl (C=O) groups excluding carboxylic acids is 2. The van der Waals surface area contributed by atoms with Crippen LogP contribution in [0.25, 0.3) is 0 Å². The van der Waals surface area contributed by atoms with E-state index in [1.54, 1.807) is 0 Å². The smallest absolute Gasteiger partial charge is 0.235 e. The van der Waals surface area contributed by atoms with Gasteiger partial charge < -0.3 is 10.2 Å². The number of nitrogens with zero attached hydrogens (tertiary/aromatic N) is 1. The van der Waals surface area contributed by atoms with E-state index < -0.39 is 0 Å². The van der Waals surface area contributed by atoms with Crippen LogP contribution in [0.2, 0.25) is 0 Å². The van der Waals surface area contributed by atoms with Crippen molar-refractivity contribution in [2.24, 2.45) is 0 Å². The molecule has 2 amide bonds. The fraction of sp³-hybridized carbons (Fsp3) is 0.391. The van der Waals surface area contributed by atoms with Crippen LogP contribution >= 0.6 is 11.8 Å². The molecule has 148 valence electrons. The monoisotopic (exact) mass is 396 g/mol. The number of hydrogen-bond donors (Lipinski definition) is 1. The fourth-order valence-corrected chi connectivity index (χ4v) is 4.29. The van der Waals surface area contributed by atoms with E-state index in [2.05, 4.69) is 29.6 Å². The number of amides is 2. The number of nitrogens with one attached hydrogen (secondary N) is 1. The third-order valence-electron chi connectivity index (χ3n) is 5.23. The summed E-state index contributed by atoms with van der Waals surface area (Å²) >= 11 is 1.40. The summed E-state index contributed by atoms with van der Waals surface area (Å²) in [6.45, 7) is 5.49. The summed E-state index contributed by atoms with van der Waals surface area (Å²) in [7, 11) is 0. The highest BCUT2D eigenvalue weighted by Crippen LogP contribution is 2.28. The minimum absolute atomic E-state index is 0.0729. The minimum Gasteiger partial charge on any atom is -0.342 e. The highest BCUT2D eigenvalue weighted by Gasteiger charge is 2.27. The van der Waals surface area contributed by atoms with Gasteiger partial charge in [-0.2, -0.15) is 0 Å². The zero-order valence-electron chi connectivity index (χ0n) is 16.6. The van der Waals surface area contributed by atoms with Crippen LogP contribution < -0.4 is 5.32 Å². The quantitative estimate of drug-likeness (QED) is 0.784. The summed E-state index contributed by atoms with van der Waals surface area (Å²) in [5.74, 6) is 0.880. The number of aryl methyl sites for hydroxylation is 1. The number of carbonyl (C=O) groups is 2. The van der Waals surface area contributed by atoms with Crippen LogP contribution in [0.3, 0.4) is 0 Å². The first-order valence-electron chi connectivity index (χ1n) is 9.85. The molecule has 2 aromatic rings. The van der Waals surface area contributed by atoms with Crippen LogP contribution in [0.5, 0.6) is 0 Å². The molecule has 0 radical (unpaired) electrons. The Morgan fingerprint density at radius 2 is 1.71 bits per heavy atom. The molecular formula is C23H28N2O2S. The molecule has 0 aromatic heterocycles. The summed E-state index contributed by atoms with van der Waals surface area (Å²) in [5, 5.41) is 2.67. The van der Waals surface area contributed by atoms with E-state index >= 15 is 0 Å². The van der Waals surface area contributed by atoms with Crippen molar-refractivity contribution in [1.29, 1.82) is 0 Å². The van der Waals surface area contributed by atoms with E-state index in [1.165, 1.54) is 17.3 Å². The van der Waals surface area contributed by atoms with Crippen LogP contribution in [-0.4, -0.2) is 40.8 Å². The van der Waals surface area contributed by atoms with Gasteiger partial charge >= 0.3 is 0 Å². The molecule has 1 fully saturated rings. The maximum Gasteiger partial charge on any atom is 0.235 e. The summed E-state index contributed by atoms with van der Waals surface area (Å²) < 4.78 is 0. The number of anilines is 1. The zero-order chi connectivity index (χ0) is 19.9. The number of benzene rings is 2. The first-order valence-corrected chi connectivity index (χ1v) is 10.9. The van der Waals surface area contributed by atoms with Gasteiger partial charge in [-0.15, -0.1) is 11.8 Å². The van der Waals surface area contributed by atoms with Crippen LogP contribution in [0.4, 0.5) is 5.69 Å². The van der Waals surface area contributed by atoms with E-state index in [1.807, 2.05) is 49.1 Å². The van der Waals surface area contributed by atoms with Gasteiger partial charge in [-0.1, -0.05) is 48.0 Å². The van der Waals surface area contributed by atoms with Gasteiger partial charge in [-0.05, 0) is 50.3 Å². The average molecular weight is 397 g/mol. The highest BCUT2D eigenvalue weighted by atomic mass is 32.2. The number of likely N-dealkylation sites (tertiary alicyclic amines) is 1. The lowest BCUT2D eigenvalue weighted by molar-refractivity contribution is -0.131. The molecule has 4 nitrogen and oxygen atoms in total. The first-order chi connectivity index (χ1) is 13.5. The Morgan fingerprint density at radius 3 is 2.36 bits per heavy atom. The SMILES string of the molecule is Cc1ccc(NC(=O)CSC(C)C(=O)N2CCC(c3ccccc3)CC2)cc1. The van der Waals surface area contributed by atoms with Crippen molar-refractivity contribution in [2.75, 3.05) is 24.2 Å². The summed E-state index contributed by atoms with van der Waals surface area (Å²) in [5.41, 5.74) is 3.31. The predicted octanol–water partition coefficient (Wildman–Crippen LogP) is 4.46. The topological polar surface area (TPSA) is 49.4 Å². The van der Waals surface area contributed by atoms with Crippen molar-refractivity contribution in [3.8, 4) is 0 Å². The third kappa shape index (κ3) is 5.61. The van der Waals surface area contributed by atoms with Crippen LogP contribution in [0.15, 0.2) is 54.6 Å². The van der Waals surface area contributed by atoms with Crippen LogP contribution in [0, 0.1) is 6.92 Å². The van der Waals surface area contributed by atoms with E-state index in [0.717, 1.165) is 37.2 Å². The van der Waals surface area contributed by atoms with E-state index in [-0.39, 0.29) is 22.8 Å². The lowest BCUT2D eigenvalue weighted by Gasteiger charge is -2.33. The summed E-state index contributed by atoms with van der Waals surface area (Å²) in [6, 6.07) is 18.3. The molecule has 1 aliphatic rings. The molecule has 3 rings (SSSR count). The molecule has 0 aliphatic carbocycles. The number of piperidine rings is 1. The van der Waals surface area contributed by atoms with Gasteiger partial charge in [0.2, 0.25) is 11.8 Å². The van der Waals surface area contributed by atoms with Crippen LogP contribution in [0.1, 0.15) is 36.8 Å². The van der Waals surface area contributed by atoms with Gasteiger partial charge in [0.1, 0.15) is 0 Å². The third-order valence-corrected chi connectivity index (χ3v) is 6.36. The standard InChI is InChI=1S/C23H28N2O2S/c1-17-8-10-21(11-9-17)24-22(26)16-28-18(2)23(27)25-14-12-20(13-15-25)19-6-4-3-5-7-19/h3-11,18,20H,12-16H2,1-2H3,(H,24,26). The van der Waals surface area contributed by atoms with Crippen molar-refractivity contribution in [2.45, 2.75) is 37.9 Å². The highest BCUT2D eigenvalue weighted by molar-refractivity contribution is 8.01. The maximum absolute atomic E-state index is 12.7. The lowest BCUT2D eigenvalue weighted by atomic mass is 9.89. The van der Waals surface area contributed by atoms with Gasteiger partial charge in [-0.3, -0.25) is 9.59 Å². The van der Waals surface area contributed by atoms with Gasteiger partial charge in [0.15, 0.2) is 0 Å². The van der Waals surface area contributed by atoms with Gasteiger partial charge in [0, 0.05) is 18.8 Å². The number of hydrogen-bond acceptors (Lipinski definition) is 3. The molecule has 1 heterocycles. The molecule has 0 spiro atoms. The van der Waals surface area contributed by atoms with Crippen molar-refractivity contribution in [3.63, 3.8) is 0 Å². The van der Waals surface area contributed by atoms with Crippen molar-refractivity contribution in [1.82, 2.24) is 4.90 Å². The molecule has 1 saturated heterocycles. The number of thioether (sulfide) groups is 1. The van der Waals surface area contributed by atoms with Crippen molar-refractivity contribution < 1.29 is 9.59 Å². The zero-order valence-corrected chi connectivity index (χ0v) is 17.4. The maximum atomic E-state index is 12.7. The molecule has 28 heavy (non-hydrogen) atoms. The van der Waals surface area contributed by atoms with E-state index in [0.29, 0.717) is 5.92 Å². The van der Waals surface area contributed by atoms with Gasteiger partial charge in [-0.25, -0.2) is 0 Å². The summed E-state index contributed by atoms with van der Waals surface area (Å²) in [4.78, 5) is 26.8. The van der Waals surface area contributed by atoms with Crippen molar-refractivity contribution >= 4 is 29.3 Å². The Bertz CT molecular complexity index is 784. The Morgan fingerprint density at radius 1 is 1.07 bits per heavy atom. The normalized spacial score (nSPS) is 15.9. The molecule has 1 aliphatic heterocycles. The van der Waals surface area contributed by atoms with Gasteiger partial charge in [0.25, 0.3) is 0 Å². The van der Waals surface area contributed by atoms with Crippen molar-refractivity contribution in [3.05, 3.63) is 65.7 Å². The molecule has 5 heteroatoms. The second-order valence-corrected chi connectivity index (χ2v) is 8.71. The Balaban J connectivity index is 1.42. The summed E-state index contributed by atoms with van der Waals surface area (Å²) in [6.07, 6.45) is 2.00. The predicted molar refractivity (Wildman–Crippen MR) is 117 cm³/mol. The molecule has 2 aromatic carbocycles. The second kappa shape index (κ2) is 9.78. The molecule has 0 saturated carbocycles. The van der Waals surface area contributed by atoms with E-state index in [9.17, 15) is 9.59 Å². The second-order valence-electron chi connectivity index (χ2n) is 7.38. The molecular weight excluding hydrogens is 368 g/mol. The Kier molecular flexibility index (Phi) is 7.15. The van der Waals surface area contributed by atoms with E-state index in [4.69, 9.17) is 0 Å². The lowest BCUT2D eigenvalue weighted by Crippen LogP contribution is -2.42. The molecule has 0 bridgehead atoms. The Hall–Kier alpha value is -2.27. The van der Waals surface area contributed by atoms with Crippen LogP contribution in [-0.2, 0) is 9.59 Å². The molecule has 1 unspecified atom stereocenters. The minimum atomic E-state index is -0.211. The molecule has 1 atom stereocenters. The average Bonchev–Trinajstić information content (AvgIpc) is 2.74. The van der Waals surface area contributed by atoms with Gasteiger partial charge in [0.05, 0.1) is 11.0 Å². The Labute approximate surface area is 171 Å². The molecule has 1 N–H and O–H groups in total. The largest absolute Gasteiger partial charge is 0.342 e.